The van der Waals surface area contributed by atoms with Crippen LogP contribution in [0, 0.1) is 0 Å². The van der Waals surface area contributed by atoms with Crippen molar-refractivity contribution in [2.24, 2.45) is 0 Å². The van der Waals surface area contributed by atoms with Crippen LogP contribution in [-0.2, 0) is 0 Å². The molecule has 0 radical (unpaired) electrons. The van der Waals surface area contributed by atoms with E-state index in [1.54, 1.807) is 24.4 Å². The van der Waals surface area contributed by atoms with Gasteiger partial charge in [0.1, 0.15) is 5.75 Å². The summed E-state index contributed by atoms with van der Waals surface area (Å²) in [6.45, 7) is 0. The minimum absolute atomic E-state index is 0.181. The summed E-state index contributed by atoms with van der Waals surface area (Å²) in [7, 11) is 0. The maximum absolute atomic E-state index is 10.3. The molecule has 4 heteroatoms. The monoisotopic (exact) mass is 329 g/mol. The van der Waals surface area contributed by atoms with Crippen molar-refractivity contribution in [2.75, 3.05) is 0 Å². The first-order valence-electron chi connectivity index (χ1n) is 6.80. The summed E-state index contributed by atoms with van der Waals surface area (Å²) in [6, 6.07) is 18.3. The van der Waals surface area contributed by atoms with Crippen LogP contribution in [0.2, 0.25) is 10.0 Å². The summed E-state index contributed by atoms with van der Waals surface area (Å²) in [5, 5.41) is 11.5. The third-order valence-electron chi connectivity index (χ3n) is 3.47. The summed E-state index contributed by atoms with van der Waals surface area (Å²) < 4.78 is 0. The fraction of sp³-hybridized carbons (Fsp3) is 0.0556. The number of pyridine rings is 1. The Morgan fingerprint density at radius 3 is 2.41 bits per heavy atom. The lowest BCUT2D eigenvalue weighted by Crippen LogP contribution is -2.05. The number of phenols is 1. The van der Waals surface area contributed by atoms with Gasteiger partial charge in [-0.05, 0) is 48.0 Å². The van der Waals surface area contributed by atoms with Gasteiger partial charge >= 0.3 is 0 Å². The van der Waals surface area contributed by atoms with E-state index >= 15 is 0 Å². The molecule has 2 aromatic carbocycles. The number of nitrogens with zero attached hydrogens (tertiary/aromatic N) is 1. The lowest BCUT2D eigenvalue weighted by atomic mass is 9.87. The fourth-order valence-electron chi connectivity index (χ4n) is 2.50. The third kappa shape index (κ3) is 3.08. The molecule has 0 aliphatic carbocycles. The van der Waals surface area contributed by atoms with Gasteiger partial charge in [0.2, 0.25) is 0 Å². The van der Waals surface area contributed by atoms with E-state index in [1.165, 1.54) is 0 Å². The van der Waals surface area contributed by atoms with Crippen molar-refractivity contribution in [3.63, 3.8) is 0 Å². The molecule has 3 rings (SSSR count). The topological polar surface area (TPSA) is 33.1 Å². The molecular weight excluding hydrogens is 317 g/mol. The first-order valence-corrected chi connectivity index (χ1v) is 7.55. The molecule has 1 N–H and O–H groups in total. The second kappa shape index (κ2) is 6.39. The Labute approximate surface area is 139 Å². The Morgan fingerprint density at radius 2 is 1.68 bits per heavy atom. The molecule has 3 aromatic rings. The number of halogens is 2. The van der Waals surface area contributed by atoms with E-state index in [0.29, 0.717) is 15.6 Å². The van der Waals surface area contributed by atoms with Crippen LogP contribution in [-0.4, -0.2) is 10.1 Å². The van der Waals surface area contributed by atoms with Crippen molar-refractivity contribution in [1.82, 2.24) is 4.98 Å². The number of rotatable bonds is 3. The quantitative estimate of drug-likeness (QED) is 0.709. The van der Waals surface area contributed by atoms with Crippen LogP contribution in [0.1, 0.15) is 22.7 Å². The first kappa shape index (κ1) is 14.9. The molecule has 0 aliphatic heterocycles. The summed E-state index contributed by atoms with van der Waals surface area (Å²) in [5.41, 5.74) is 2.47. The summed E-state index contributed by atoms with van der Waals surface area (Å²) in [4.78, 5) is 4.44. The molecule has 1 aromatic heterocycles. The van der Waals surface area contributed by atoms with E-state index in [-0.39, 0.29) is 11.7 Å². The van der Waals surface area contributed by atoms with Crippen molar-refractivity contribution >= 4 is 23.2 Å². The van der Waals surface area contributed by atoms with Gasteiger partial charge in [0.05, 0.1) is 11.6 Å². The highest BCUT2D eigenvalue weighted by atomic mass is 35.5. The van der Waals surface area contributed by atoms with Crippen LogP contribution < -0.4 is 0 Å². The number of aromatic hydroxyl groups is 1. The Bertz CT molecular complexity index is 790. The molecule has 1 heterocycles. The molecule has 22 heavy (non-hydrogen) atoms. The van der Waals surface area contributed by atoms with Gasteiger partial charge in [0.25, 0.3) is 0 Å². The molecule has 0 unspecified atom stereocenters. The van der Waals surface area contributed by atoms with Crippen molar-refractivity contribution in [1.29, 1.82) is 0 Å². The largest absolute Gasteiger partial charge is 0.508 e. The van der Waals surface area contributed by atoms with E-state index in [4.69, 9.17) is 23.2 Å². The first-order chi connectivity index (χ1) is 10.6. The average molecular weight is 330 g/mol. The average Bonchev–Trinajstić information content (AvgIpc) is 2.52. The van der Waals surface area contributed by atoms with E-state index in [1.807, 2.05) is 42.5 Å². The standard InChI is InChI=1S/C18H13Cl2NO/c19-13-5-3-4-12(10-13)18(16-6-1-2-9-21-16)15-11-14(20)7-8-17(15)22/h1-11,18,22H/t18-/m0/s1. The van der Waals surface area contributed by atoms with Gasteiger partial charge in [-0.25, -0.2) is 0 Å². The molecule has 0 saturated carbocycles. The number of hydrogen-bond donors (Lipinski definition) is 1. The Hall–Kier alpha value is -2.03. The van der Waals surface area contributed by atoms with Gasteiger partial charge in [-0.3, -0.25) is 4.98 Å². The second-order valence-electron chi connectivity index (χ2n) is 4.95. The van der Waals surface area contributed by atoms with Gasteiger partial charge in [-0.2, -0.15) is 0 Å². The maximum atomic E-state index is 10.3. The number of aromatic nitrogens is 1. The zero-order valence-corrected chi connectivity index (χ0v) is 13.1. The highest BCUT2D eigenvalue weighted by molar-refractivity contribution is 6.31. The Kier molecular flexibility index (Phi) is 4.32. The highest BCUT2D eigenvalue weighted by Crippen LogP contribution is 2.37. The number of benzene rings is 2. The van der Waals surface area contributed by atoms with Crippen molar-refractivity contribution in [3.05, 3.63) is 93.7 Å². The Balaban J connectivity index is 2.21. The van der Waals surface area contributed by atoms with Crippen molar-refractivity contribution in [2.45, 2.75) is 5.92 Å². The summed E-state index contributed by atoms with van der Waals surface area (Å²) in [6.07, 6.45) is 1.73. The van der Waals surface area contributed by atoms with E-state index < -0.39 is 0 Å². The molecule has 0 fully saturated rings. The van der Waals surface area contributed by atoms with Crippen LogP contribution in [0.3, 0.4) is 0 Å². The molecule has 1 atom stereocenters. The minimum Gasteiger partial charge on any atom is -0.508 e. The van der Waals surface area contributed by atoms with Crippen molar-refractivity contribution in [3.8, 4) is 5.75 Å². The maximum Gasteiger partial charge on any atom is 0.119 e. The molecule has 0 bridgehead atoms. The van der Waals surface area contributed by atoms with Crippen LogP contribution in [0.25, 0.3) is 0 Å². The van der Waals surface area contributed by atoms with Gasteiger partial charge in [0.15, 0.2) is 0 Å². The molecule has 0 spiro atoms. The Morgan fingerprint density at radius 1 is 0.864 bits per heavy atom. The van der Waals surface area contributed by atoms with Crippen molar-refractivity contribution < 1.29 is 5.11 Å². The number of hydrogen-bond acceptors (Lipinski definition) is 2. The summed E-state index contributed by atoms with van der Waals surface area (Å²) >= 11 is 12.2. The van der Waals surface area contributed by atoms with Crippen LogP contribution in [0.4, 0.5) is 0 Å². The van der Waals surface area contributed by atoms with Crippen LogP contribution in [0.15, 0.2) is 66.9 Å². The lowest BCUT2D eigenvalue weighted by Gasteiger charge is -2.19. The summed E-state index contributed by atoms with van der Waals surface area (Å²) in [5.74, 6) is -0.0568. The zero-order chi connectivity index (χ0) is 15.5. The van der Waals surface area contributed by atoms with Crippen LogP contribution in [0.5, 0.6) is 5.75 Å². The molecule has 110 valence electrons. The van der Waals surface area contributed by atoms with E-state index in [2.05, 4.69) is 4.98 Å². The lowest BCUT2D eigenvalue weighted by molar-refractivity contribution is 0.467. The number of phenolic OH excluding ortho intramolecular Hbond substituents is 1. The second-order valence-corrected chi connectivity index (χ2v) is 5.82. The molecule has 0 saturated heterocycles. The van der Waals surface area contributed by atoms with Gasteiger partial charge in [-0.15, -0.1) is 0 Å². The smallest absolute Gasteiger partial charge is 0.119 e. The normalized spacial score (nSPS) is 12.1. The molecule has 2 nitrogen and oxygen atoms in total. The van der Waals surface area contributed by atoms with E-state index in [0.717, 1.165) is 11.3 Å². The predicted molar refractivity (Wildman–Crippen MR) is 89.8 cm³/mol. The minimum atomic E-state index is -0.237. The van der Waals surface area contributed by atoms with Crippen LogP contribution >= 0.6 is 23.2 Å². The van der Waals surface area contributed by atoms with Gasteiger partial charge < -0.3 is 5.11 Å². The fourth-order valence-corrected chi connectivity index (χ4v) is 2.88. The van der Waals surface area contributed by atoms with E-state index in [9.17, 15) is 5.11 Å². The third-order valence-corrected chi connectivity index (χ3v) is 3.94. The predicted octanol–water partition coefficient (Wildman–Crippen LogP) is 5.27. The molecule has 0 aliphatic rings. The highest BCUT2D eigenvalue weighted by Gasteiger charge is 2.21. The van der Waals surface area contributed by atoms with Gasteiger partial charge in [0, 0.05) is 21.8 Å². The molecule has 0 amide bonds. The zero-order valence-electron chi connectivity index (χ0n) is 11.6. The van der Waals surface area contributed by atoms with Gasteiger partial charge in [-0.1, -0.05) is 41.4 Å². The molecular formula is C18H13Cl2NO. The SMILES string of the molecule is Oc1ccc(Cl)cc1[C@H](c1cccc(Cl)c1)c1ccccn1.